The molecule has 5 unspecified atom stereocenters. The highest BCUT2D eigenvalue weighted by molar-refractivity contribution is 8.00. The minimum atomic E-state index is -0.332. The van der Waals surface area contributed by atoms with Crippen LogP contribution in [0.4, 0.5) is 0 Å². The summed E-state index contributed by atoms with van der Waals surface area (Å²) in [5, 5.41) is 12.9. The summed E-state index contributed by atoms with van der Waals surface area (Å²) in [6.45, 7) is 5.10. The average molecular weight is 484 g/mol. The lowest BCUT2D eigenvalue weighted by atomic mass is 9.84. The number of carbonyl (C=O) groups is 1. The van der Waals surface area contributed by atoms with Gasteiger partial charge in [0.15, 0.2) is 5.16 Å². The smallest absolute Gasteiger partial charge is 0.262 e. The van der Waals surface area contributed by atoms with Crippen LogP contribution in [-0.4, -0.2) is 50.1 Å². The number of nitrogens with one attached hydrogen (secondary N) is 1. The summed E-state index contributed by atoms with van der Waals surface area (Å²) in [5.74, 6) is 2.74. The zero-order valence-corrected chi connectivity index (χ0v) is 20.9. The molecule has 2 aromatic heterocycles. The highest BCUT2D eigenvalue weighted by Crippen LogP contribution is 2.49. The van der Waals surface area contributed by atoms with E-state index in [4.69, 9.17) is 4.74 Å². The van der Waals surface area contributed by atoms with Crippen molar-refractivity contribution in [2.45, 2.75) is 68.9 Å². The molecule has 1 aromatic carbocycles. The van der Waals surface area contributed by atoms with E-state index in [1.807, 2.05) is 35.6 Å². The van der Waals surface area contributed by atoms with Crippen molar-refractivity contribution in [3.05, 3.63) is 34.6 Å². The Bertz CT molecular complexity index is 1250. The maximum Gasteiger partial charge on any atom is 0.262 e. The first kappa shape index (κ1) is 23.4. The third kappa shape index (κ3) is 4.24. The lowest BCUT2D eigenvalue weighted by molar-refractivity contribution is -0.121. The number of rotatable bonds is 9. The zero-order valence-electron chi connectivity index (χ0n) is 20.1. The molecule has 9 heteroatoms. The van der Waals surface area contributed by atoms with Crippen LogP contribution in [0.2, 0.25) is 0 Å². The molecular weight excluding hydrogens is 450 g/mol. The van der Waals surface area contributed by atoms with Gasteiger partial charge in [-0.25, -0.2) is 0 Å². The average Bonchev–Trinajstić information content (AvgIpc) is 3.57. The number of benzene rings is 1. The van der Waals surface area contributed by atoms with Gasteiger partial charge in [-0.15, -0.1) is 10.2 Å². The van der Waals surface area contributed by atoms with Crippen LogP contribution in [0.3, 0.4) is 0 Å². The summed E-state index contributed by atoms with van der Waals surface area (Å²) in [7, 11) is 1.65. The van der Waals surface area contributed by atoms with E-state index in [-0.39, 0.29) is 22.8 Å². The number of carbonyl (C=O) groups excluding carboxylic acids is 1. The minimum Gasteiger partial charge on any atom is -0.385 e. The van der Waals surface area contributed by atoms with Gasteiger partial charge in [0.25, 0.3) is 5.56 Å². The third-order valence-corrected chi connectivity index (χ3v) is 8.71. The van der Waals surface area contributed by atoms with Crippen molar-refractivity contribution in [1.29, 1.82) is 0 Å². The largest absolute Gasteiger partial charge is 0.385 e. The molecule has 1 N–H and O–H groups in total. The number of fused-ring (bicyclic) bond motifs is 5. The van der Waals surface area contributed by atoms with Gasteiger partial charge in [0.2, 0.25) is 11.7 Å². The molecule has 2 heterocycles. The molecule has 3 aromatic rings. The molecule has 1 amide bonds. The molecule has 8 nitrogen and oxygen atoms in total. The topological polar surface area (TPSA) is 90.5 Å². The molecular formula is C25H33N5O3S. The van der Waals surface area contributed by atoms with Crippen LogP contribution in [0.5, 0.6) is 0 Å². The minimum absolute atomic E-state index is 0.0229. The van der Waals surface area contributed by atoms with E-state index < -0.39 is 0 Å². The fraction of sp³-hybridized carbons (Fsp3) is 0.600. The summed E-state index contributed by atoms with van der Waals surface area (Å²) >= 11 is 1.38. The maximum absolute atomic E-state index is 13.1. The number of para-hydroxylation sites is 1. The quantitative estimate of drug-likeness (QED) is 0.370. The van der Waals surface area contributed by atoms with Gasteiger partial charge in [0, 0.05) is 26.3 Å². The Balaban J connectivity index is 1.39. The second-order valence-corrected chi connectivity index (χ2v) is 11.1. The van der Waals surface area contributed by atoms with Crippen LogP contribution in [0, 0.1) is 17.8 Å². The maximum atomic E-state index is 13.1. The highest BCUT2D eigenvalue weighted by atomic mass is 32.2. The molecule has 0 aliphatic heterocycles. The zero-order chi connectivity index (χ0) is 23.8. The van der Waals surface area contributed by atoms with Gasteiger partial charge >= 0.3 is 0 Å². The molecule has 2 fully saturated rings. The van der Waals surface area contributed by atoms with Crippen molar-refractivity contribution in [3.63, 3.8) is 0 Å². The number of ether oxygens (including phenoxy) is 1. The SMILES string of the molecule is COCCCn1c(=O)c2ccccc2n2c(SC(C)C(=O)NC(C)C3CC4CCC3C4)nnc12. The van der Waals surface area contributed by atoms with E-state index in [9.17, 15) is 9.59 Å². The van der Waals surface area contributed by atoms with Crippen LogP contribution in [0.15, 0.2) is 34.2 Å². The first-order chi connectivity index (χ1) is 16.5. The van der Waals surface area contributed by atoms with E-state index in [1.54, 1.807) is 11.7 Å². The number of thioether (sulfide) groups is 1. The molecule has 2 bridgehead atoms. The van der Waals surface area contributed by atoms with Gasteiger partial charge in [-0.1, -0.05) is 30.3 Å². The number of methoxy groups -OCH3 is 1. The van der Waals surface area contributed by atoms with E-state index >= 15 is 0 Å². The van der Waals surface area contributed by atoms with Crippen molar-refractivity contribution < 1.29 is 9.53 Å². The van der Waals surface area contributed by atoms with Gasteiger partial charge < -0.3 is 10.1 Å². The van der Waals surface area contributed by atoms with E-state index in [1.165, 1.54) is 37.4 Å². The second kappa shape index (κ2) is 9.70. The highest BCUT2D eigenvalue weighted by Gasteiger charge is 2.42. The number of aryl methyl sites for hydroxylation is 1. The van der Waals surface area contributed by atoms with E-state index in [0.717, 1.165) is 17.4 Å². The molecule has 0 spiro atoms. The normalized spacial score (nSPS) is 23.6. The summed E-state index contributed by atoms with van der Waals surface area (Å²) in [6.07, 6.45) is 5.94. The Morgan fingerprint density at radius 3 is 2.79 bits per heavy atom. The van der Waals surface area contributed by atoms with Crippen molar-refractivity contribution >= 4 is 34.3 Å². The molecule has 182 valence electrons. The number of hydrogen-bond acceptors (Lipinski definition) is 6. The van der Waals surface area contributed by atoms with Crippen LogP contribution >= 0.6 is 11.8 Å². The molecule has 5 rings (SSSR count). The molecule has 5 atom stereocenters. The van der Waals surface area contributed by atoms with Crippen molar-refractivity contribution in [3.8, 4) is 0 Å². The third-order valence-electron chi connectivity index (χ3n) is 7.66. The van der Waals surface area contributed by atoms with Crippen molar-refractivity contribution in [2.24, 2.45) is 17.8 Å². The standard InChI is InChI=1S/C25H33N5O3S/c1-15(20-14-17-9-10-18(20)13-17)26-22(31)16(2)34-25-28-27-24-29(11-6-12-33-3)23(32)19-7-4-5-8-21(19)30(24)25/h4-5,7-8,15-18,20H,6,9-14H2,1-3H3,(H,26,31). The number of nitrogens with zero attached hydrogens (tertiary/aromatic N) is 4. The Hall–Kier alpha value is -2.39. The van der Waals surface area contributed by atoms with Crippen molar-refractivity contribution in [2.75, 3.05) is 13.7 Å². The second-order valence-electron chi connectivity index (χ2n) is 9.83. The van der Waals surface area contributed by atoms with Crippen LogP contribution in [0.1, 0.15) is 46.0 Å². The molecule has 2 aliphatic carbocycles. The van der Waals surface area contributed by atoms with Gasteiger partial charge in [0.05, 0.1) is 16.2 Å². The molecule has 34 heavy (non-hydrogen) atoms. The first-order valence-corrected chi connectivity index (χ1v) is 13.2. The Labute approximate surface area is 203 Å². The Morgan fingerprint density at radius 2 is 2.06 bits per heavy atom. The molecule has 0 radical (unpaired) electrons. The molecule has 2 aliphatic rings. The fourth-order valence-electron chi connectivity index (χ4n) is 5.95. The van der Waals surface area contributed by atoms with Crippen LogP contribution in [0.25, 0.3) is 16.7 Å². The lowest BCUT2D eigenvalue weighted by Crippen LogP contribution is -2.43. The fourth-order valence-corrected chi connectivity index (χ4v) is 6.81. The van der Waals surface area contributed by atoms with E-state index in [0.29, 0.717) is 41.8 Å². The van der Waals surface area contributed by atoms with Gasteiger partial charge in [-0.2, -0.15) is 0 Å². The summed E-state index contributed by atoms with van der Waals surface area (Å²) in [6, 6.07) is 7.68. The van der Waals surface area contributed by atoms with Gasteiger partial charge in [-0.3, -0.25) is 18.6 Å². The van der Waals surface area contributed by atoms with Crippen LogP contribution < -0.4 is 10.9 Å². The number of hydrogen-bond donors (Lipinski definition) is 1. The molecule has 0 saturated heterocycles. The monoisotopic (exact) mass is 483 g/mol. The summed E-state index contributed by atoms with van der Waals surface area (Å²) in [4.78, 5) is 26.2. The van der Waals surface area contributed by atoms with E-state index in [2.05, 4.69) is 22.4 Å². The van der Waals surface area contributed by atoms with Crippen molar-refractivity contribution in [1.82, 2.24) is 24.5 Å². The predicted molar refractivity (Wildman–Crippen MR) is 133 cm³/mol. The number of aromatic nitrogens is 4. The predicted octanol–water partition coefficient (Wildman–Crippen LogP) is 3.50. The summed E-state index contributed by atoms with van der Waals surface area (Å²) < 4.78 is 8.72. The van der Waals surface area contributed by atoms with Crippen LogP contribution in [-0.2, 0) is 16.1 Å². The lowest BCUT2D eigenvalue weighted by Gasteiger charge is -2.29. The van der Waals surface area contributed by atoms with Gasteiger partial charge in [-0.05, 0) is 69.4 Å². The first-order valence-electron chi connectivity index (χ1n) is 12.3. The molecule has 2 saturated carbocycles. The Morgan fingerprint density at radius 1 is 1.24 bits per heavy atom. The summed E-state index contributed by atoms with van der Waals surface area (Å²) in [5.41, 5.74) is 0.662. The number of amides is 1. The van der Waals surface area contributed by atoms with Gasteiger partial charge in [0.1, 0.15) is 0 Å². The Kier molecular flexibility index (Phi) is 6.66.